The van der Waals surface area contributed by atoms with E-state index < -0.39 is 11.9 Å². The molecule has 0 radical (unpaired) electrons. The van der Waals surface area contributed by atoms with E-state index in [-0.39, 0.29) is 0 Å². The zero-order chi connectivity index (χ0) is 11.0. The fourth-order valence-electron chi connectivity index (χ4n) is 0.532. The molecule has 1 aromatic carbocycles. The van der Waals surface area contributed by atoms with Crippen LogP contribution in [0.25, 0.3) is 0 Å². The molecular formula is C9H8O5. The van der Waals surface area contributed by atoms with Gasteiger partial charge in [-0.05, 0) is 0 Å². The van der Waals surface area contributed by atoms with Crippen molar-refractivity contribution in [3.05, 3.63) is 35.9 Å². The van der Waals surface area contributed by atoms with Crippen LogP contribution < -0.4 is 0 Å². The Morgan fingerprint density at radius 1 is 1.00 bits per heavy atom. The lowest BCUT2D eigenvalue weighted by Crippen LogP contribution is -2.09. The second-order valence-corrected chi connectivity index (χ2v) is 2.14. The third-order valence-electron chi connectivity index (χ3n) is 1.12. The highest BCUT2D eigenvalue weighted by atomic mass is 16.4. The smallest absolute Gasteiger partial charge is 0.414 e. The SMILES string of the molecule is O=C(O)C(=O)O.O=Cc1ccccc1. The molecule has 74 valence electrons. The fourth-order valence-corrected chi connectivity index (χ4v) is 0.532. The van der Waals surface area contributed by atoms with Gasteiger partial charge in [-0.1, -0.05) is 30.3 Å². The van der Waals surface area contributed by atoms with Crippen molar-refractivity contribution in [1.82, 2.24) is 0 Å². The molecule has 5 nitrogen and oxygen atoms in total. The van der Waals surface area contributed by atoms with Gasteiger partial charge in [-0.15, -0.1) is 0 Å². The van der Waals surface area contributed by atoms with E-state index in [1.54, 1.807) is 12.1 Å². The molecule has 1 rings (SSSR count). The van der Waals surface area contributed by atoms with Crippen LogP contribution in [0.3, 0.4) is 0 Å². The molecule has 0 aromatic heterocycles. The quantitative estimate of drug-likeness (QED) is 0.508. The van der Waals surface area contributed by atoms with Crippen LogP contribution in [-0.2, 0) is 9.59 Å². The van der Waals surface area contributed by atoms with Crippen LogP contribution in [0.4, 0.5) is 0 Å². The molecule has 0 fully saturated rings. The van der Waals surface area contributed by atoms with E-state index in [1.807, 2.05) is 18.2 Å². The molecule has 2 N–H and O–H groups in total. The number of carbonyl (C=O) groups is 3. The molecule has 0 heterocycles. The summed E-state index contributed by atoms with van der Waals surface area (Å²) < 4.78 is 0. The number of aliphatic carboxylic acids is 2. The topological polar surface area (TPSA) is 91.7 Å². The molecule has 5 heteroatoms. The number of carboxylic acid groups (broad SMARTS) is 2. The molecule has 0 amide bonds. The molecule has 0 spiro atoms. The van der Waals surface area contributed by atoms with Crippen LogP contribution >= 0.6 is 0 Å². The van der Waals surface area contributed by atoms with Crippen molar-refractivity contribution >= 4 is 18.2 Å². The summed E-state index contributed by atoms with van der Waals surface area (Å²) in [5.41, 5.74) is 0.729. The molecule has 0 aliphatic carbocycles. The van der Waals surface area contributed by atoms with Gasteiger partial charge in [0, 0.05) is 5.56 Å². The van der Waals surface area contributed by atoms with E-state index in [4.69, 9.17) is 19.8 Å². The Morgan fingerprint density at radius 2 is 1.43 bits per heavy atom. The van der Waals surface area contributed by atoms with E-state index in [2.05, 4.69) is 0 Å². The van der Waals surface area contributed by atoms with Crippen molar-refractivity contribution in [1.29, 1.82) is 0 Å². The van der Waals surface area contributed by atoms with Gasteiger partial charge in [0.2, 0.25) is 0 Å². The minimum absolute atomic E-state index is 0.729. The van der Waals surface area contributed by atoms with Crippen LogP contribution in [0, 0.1) is 0 Å². The van der Waals surface area contributed by atoms with Crippen molar-refractivity contribution in [3.8, 4) is 0 Å². The number of carboxylic acids is 2. The summed E-state index contributed by atoms with van der Waals surface area (Å²) in [4.78, 5) is 28.2. The predicted octanol–water partition coefficient (Wildman–Crippen LogP) is 0.655. The third kappa shape index (κ3) is 5.48. The first-order valence-electron chi connectivity index (χ1n) is 3.54. The average Bonchev–Trinajstić information content (AvgIpc) is 2.20. The van der Waals surface area contributed by atoms with Gasteiger partial charge < -0.3 is 10.2 Å². The van der Waals surface area contributed by atoms with Gasteiger partial charge in [0.25, 0.3) is 0 Å². The summed E-state index contributed by atoms with van der Waals surface area (Å²) in [5.74, 6) is -3.65. The highest BCUT2D eigenvalue weighted by Gasteiger charge is 2.04. The first-order chi connectivity index (χ1) is 6.57. The van der Waals surface area contributed by atoms with Crippen molar-refractivity contribution in [2.24, 2.45) is 0 Å². The first-order valence-corrected chi connectivity index (χ1v) is 3.54. The van der Waals surface area contributed by atoms with Crippen molar-refractivity contribution in [2.75, 3.05) is 0 Å². The Bertz CT molecular complexity index is 305. The van der Waals surface area contributed by atoms with Crippen molar-refractivity contribution in [3.63, 3.8) is 0 Å². The molecule has 0 unspecified atom stereocenters. The van der Waals surface area contributed by atoms with Crippen LogP contribution in [0.15, 0.2) is 30.3 Å². The van der Waals surface area contributed by atoms with Crippen LogP contribution in [0.1, 0.15) is 10.4 Å². The third-order valence-corrected chi connectivity index (χ3v) is 1.12. The van der Waals surface area contributed by atoms with E-state index >= 15 is 0 Å². The molecule has 0 aliphatic rings. The van der Waals surface area contributed by atoms with Gasteiger partial charge in [0.05, 0.1) is 0 Å². The minimum Gasteiger partial charge on any atom is -0.473 e. The van der Waals surface area contributed by atoms with Gasteiger partial charge in [0.1, 0.15) is 6.29 Å². The number of rotatable bonds is 1. The number of benzene rings is 1. The maximum absolute atomic E-state index is 10.0. The summed E-state index contributed by atoms with van der Waals surface area (Å²) >= 11 is 0. The lowest BCUT2D eigenvalue weighted by atomic mass is 10.2. The molecule has 0 saturated heterocycles. The largest absolute Gasteiger partial charge is 0.473 e. The molecule has 0 bridgehead atoms. The zero-order valence-corrected chi connectivity index (χ0v) is 7.08. The Hall–Kier alpha value is -2.17. The minimum atomic E-state index is -1.82. The van der Waals surface area contributed by atoms with Gasteiger partial charge in [0.15, 0.2) is 0 Å². The monoisotopic (exact) mass is 196 g/mol. The van der Waals surface area contributed by atoms with Gasteiger partial charge in [-0.2, -0.15) is 0 Å². The average molecular weight is 196 g/mol. The Kier molecular flexibility index (Phi) is 5.37. The maximum atomic E-state index is 10.0. The van der Waals surface area contributed by atoms with Crippen LogP contribution in [0.5, 0.6) is 0 Å². The number of carbonyl (C=O) groups excluding carboxylic acids is 1. The molecule has 0 saturated carbocycles. The van der Waals surface area contributed by atoms with Crippen molar-refractivity contribution < 1.29 is 24.6 Å². The Morgan fingerprint density at radius 3 is 1.64 bits per heavy atom. The van der Waals surface area contributed by atoms with E-state index in [0.717, 1.165) is 11.8 Å². The highest BCUT2D eigenvalue weighted by Crippen LogP contribution is 1.91. The molecule has 1 aromatic rings. The van der Waals surface area contributed by atoms with E-state index in [1.165, 1.54) is 0 Å². The van der Waals surface area contributed by atoms with Gasteiger partial charge >= 0.3 is 11.9 Å². The predicted molar refractivity (Wildman–Crippen MR) is 47.1 cm³/mol. The van der Waals surface area contributed by atoms with E-state index in [0.29, 0.717) is 0 Å². The Balaban J connectivity index is 0.000000255. The number of hydrogen-bond acceptors (Lipinski definition) is 3. The van der Waals surface area contributed by atoms with Crippen LogP contribution in [-0.4, -0.2) is 28.4 Å². The van der Waals surface area contributed by atoms with Gasteiger partial charge in [-0.3, -0.25) is 4.79 Å². The van der Waals surface area contributed by atoms with Crippen molar-refractivity contribution in [2.45, 2.75) is 0 Å². The summed E-state index contributed by atoms with van der Waals surface area (Å²) in [6, 6.07) is 9.10. The van der Waals surface area contributed by atoms with E-state index in [9.17, 15) is 4.79 Å². The van der Waals surface area contributed by atoms with Crippen LogP contribution in [0.2, 0.25) is 0 Å². The molecule has 0 aliphatic heterocycles. The lowest BCUT2D eigenvalue weighted by molar-refractivity contribution is -0.159. The summed E-state index contributed by atoms with van der Waals surface area (Å²) in [5, 5.41) is 14.8. The molecule has 0 atom stereocenters. The second-order valence-electron chi connectivity index (χ2n) is 2.14. The molecule has 14 heavy (non-hydrogen) atoms. The summed E-state index contributed by atoms with van der Waals surface area (Å²) in [6.45, 7) is 0. The zero-order valence-electron chi connectivity index (χ0n) is 7.08. The number of hydrogen-bond donors (Lipinski definition) is 2. The summed E-state index contributed by atoms with van der Waals surface area (Å²) in [7, 11) is 0. The van der Waals surface area contributed by atoms with Gasteiger partial charge in [-0.25, -0.2) is 9.59 Å². The number of aldehydes is 1. The summed E-state index contributed by atoms with van der Waals surface area (Å²) in [6.07, 6.45) is 0.833. The standard InChI is InChI=1S/C7H6O.C2H2O4/c8-6-7-4-2-1-3-5-7;3-1(4)2(5)6/h1-6H;(H,3,4)(H,5,6). The first kappa shape index (κ1) is 11.8. The Labute approximate surface area is 79.6 Å². The normalized spacial score (nSPS) is 8.00. The fraction of sp³-hybridized carbons (Fsp3) is 0. The molecular weight excluding hydrogens is 188 g/mol. The highest BCUT2D eigenvalue weighted by molar-refractivity contribution is 6.27. The lowest BCUT2D eigenvalue weighted by Gasteiger charge is -1.81. The second kappa shape index (κ2) is 6.36. The maximum Gasteiger partial charge on any atom is 0.414 e.